The van der Waals surface area contributed by atoms with E-state index in [-0.39, 0.29) is 5.54 Å². The SMILES string of the molecule is CC1CN(C2(CN)CCCc3ccccc32)CCO1. The van der Waals surface area contributed by atoms with Crippen molar-refractivity contribution < 1.29 is 4.74 Å². The summed E-state index contributed by atoms with van der Waals surface area (Å²) in [6.07, 6.45) is 3.91. The summed E-state index contributed by atoms with van der Waals surface area (Å²) < 4.78 is 5.69. The molecule has 2 unspecified atom stereocenters. The van der Waals surface area contributed by atoms with E-state index < -0.39 is 0 Å². The average molecular weight is 260 g/mol. The first-order valence-corrected chi connectivity index (χ1v) is 7.41. The van der Waals surface area contributed by atoms with Gasteiger partial charge in [0.15, 0.2) is 0 Å². The van der Waals surface area contributed by atoms with Crippen molar-refractivity contribution >= 4 is 0 Å². The first-order chi connectivity index (χ1) is 9.26. The largest absolute Gasteiger partial charge is 0.376 e. The highest BCUT2D eigenvalue weighted by molar-refractivity contribution is 5.37. The van der Waals surface area contributed by atoms with Crippen LogP contribution in [0.5, 0.6) is 0 Å². The van der Waals surface area contributed by atoms with Gasteiger partial charge in [-0.2, -0.15) is 0 Å². The summed E-state index contributed by atoms with van der Waals surface area (Å²) in [5.41, 5.74) is 9.22. The molecule has 2 aliphatic rings. The van der Waals surface area contributed by atoms with Gasteiger partial charge in [0, 0.05) is 19.6 Å². The molecule has 2 atom stereocenters. The van der Waals surface area contributed by atoms with Crippen molar-refractivity contribution in [2.75, 3.05) is 26.2 Å². The second kappa shape index (κ2) is 5.23. The van der Waals surface area contributed by atoms with E-state index in [1.54, 1.807) is 0 Å². The van der Waals surface area contributed by atoms with Gasteiger partial charge in [-0.1, -0.05) is 24.3 Å². The molecule has 3 heteroatoms. The van der Waals surface area contributed by atoms with Crippen LogP contribution in [0.1, 0.15) is 30.9 Å². The Hall–Kier alpha value is -0.900. The molecular formula is C16H24N2O. The molecule has 1 heterocycles. The number of nitrogens with zero attached hydrogens (tertiary/aromatic N) is 1. The lowest BCUT2D eigenvalue weighted by molar-refractivity contribution is -0.0675. The third-order valence-corrected chi connectivity index (χ3v) is 4.74. The first-order valence-electron chi connectivity index (χ1n) is 7.41. The Labute approximate surface area is 115 Å². The van der Waals surface area contributed by atoms with Crippen LogP contribution in [-0.4, -0.2) is 37.2 Å². The maximum atomic E-state index is 6.25. The molecule has 3 nitrogen and oxygen atoms in total. The molecule has 1 aliphatic carbocycles. The molecule has 0 bridgehead atoms. The van der Waals surface area contributed by atoms with Crippen molar-refractivity contribution in [1.29, 1.82) is 0 Å². The van der Waals surface area contributed by atoms with Crippen LogP contribution < -0.4 is 5.73 Å². The number of fused-ring (bicyclic) bond motifs is 1. The quantitative estimate of drug-likeness (QED) is 0.882. The molecule has 1 saturated heterocycles. The predicted octanol–water partition coefficient (Wildman–Crippen LogP) is 1.90. The van der Waals surface area contributed by atoms with Gasteiger partial charge >= 0.3 is 0 Å². The summed E-state index contributed by atoms with van der Waals surface area (Å²) in [6, 6.07) is 8.84. The van der Waals surface area contributed by atoms with Gasteiger partial charge in [0.05, 0.1) is 18.2 Å². The average Bonchev–Trinajstić information content (AvgIpc) is 2.46. The van der Waals surface area contributed by atoms with Crippen LogP contribution in [0.4, 0.5) is 0 Å². The molecule has 0 saturated carbocycles. The van der Waals surface area contributed by atoms with Crippen molar-refractivity contribution in [2.45, 2.75) is 37.8 Å². The molecule has 1 aliphatic heterocycles. The number of hydrogen-bond donors (Lipinski definition) is 1. The fourth-order valence-electron chi connectivity index (χ4n) is 3.78. The second-order valence-electron chi connectivity index (χ2n) is 5.87. The molecule has 1 aromatic rings. The highest BCUT2D eigenvalue weighted by Crippen LogP contribution is 2.40. The van der Waals surface area contributed by atoms with Crippen molar-refractivity contribution in [3.05, 3.63) is 35.4 Å². The van der Waals surface area contributed by atoms with Crippen LogP contribution in [-0.2, 0) is 16.7 Å². The van der Waals surface area contributed by atoms with E-state index in [9.17, 15) is 0 Å². The Balaban J connectivity index is 1.99. The number of ether oxygens (including phenoxy) is 1. The molecule has 0 amide bonds. The summed E-state index contributed by atoms with van der Waals surface area (Å²) in [6.45, 7) is 5.67. The zero-order chi connectivity index (χ0) is 13.3. The van der Waals surface area contributed by atoms with Gasteiger partial charge in [0.25, 0.3) is 0 Å². The standard InChI is InChI=1S/C16H24N2O/c1-13-11-18(9-10-19-13)16(12-17)8-4-6-14-5-2-3-7-15(14)16/h2-3,5,7,13H,4,6,8-12,17H2,1H3. The number of aryl methyl sites for hydroxylation is 1. The smallest absolute Gasteiger partial charge is 0.0674 e. The molecule has 3 rings (SSSR count). The molecule has 0 aromatic heterocycles. The zero-order valence-corrected chi connectivity index (χ0v) is 11.8. The molecule has 0 spiro atoms. The van der Waals surface area contributed by atoms with Gasteiger partial charge in [0.1, 0.15) is 0 Å². The maximum Gasteiger partial charge on any atom is 0.0674 e. The molecule has 0 radical (unpaired) electrons. The fourth-order valence-corrected chi connectivity index (χ4v) is 3.78. The first kappa shape index (κ1) is 13.1. The minimum Gasteiger partial charge on any atom is -0.376 e. The number of nitrogens with two attached hydrogens (primary N) is 1. The number of morpholine rings is 1. The van der Waals surface area contributed by atoms with E-state index in [4.69, 9.17) is 10.5 Å². The monoisotopic (exact) mass is 260 g/mol. The zero-order valence-electron chi connectivity index (χ0n) is 11.8. The molecule has 2 N–H and O–H groups in total. The van der Waals surface area contributed by atoms with Crippen LogP contribution in [0.3, 0.4) is 0 Å². The summed E-state index contributed by atoms with van der Waals surface area (Å²) in [7, 11) is 0. The molecule has 19 heavy (non-hydrogen) atoms. The van der Waals surface area contributed by atoms with E-state index in [1.165, 1.54) is 30.4 Å². The van der Waals surface area contributed by atoms with Crippen molar-refractivity contribution in [2.24, 2.45) is 5.73 Å². The number of rotatable bonds is 2. The predicted molar refractivity (Wildman–Crippen MR) is 77.1 cm³/mol. The Bertz CT molecular complexity index is 448. The van der Waals surface area contributed by atoms with Gasteiger partial charge in [-0.25, -0.2) is 0 Å². The molecule has 104 valence electrons. The summed E-state index contributed by atoms with van der Waals surface area (Å²) in [5, 5.41) is 0. The number of benzene rings is 1. The highest BCUT2D eigenvalue weighted by atomic mass is 16.5. The van der Waals surface area contributed by atoms with Gasteiger partial charge in [-0.3, -0.25) is 4.90 Å². The van der Waals surface area contributed by atoms with Crippen LogP contribution >= 0.6 is 0 Å². The third-order valence-electron chi connectivity index (χ3n) is 4.74. The van der Waals surface area contributed by atoms with E-state index >= 15 is 0 Å². The van der Waals surface area contributed by atoms with Gasteiger partial charge < -0.3 is 10.5 Å². The lowest BCUT2D eigenvalue weighted by Gasteiger charge is -2.49. The van der Waals surface area contributed by atoms with Gasteiger partial charge in [0.2, 0.25) is 0 Å². The Morgan fingerprint density at radius 2 is 2.26 bits per heavy atom. The Morgan fingerprint density at radius 1 is 1.42 bits per heavy atom. The minimum atomic E-state index is 0.0346. The summed E-state index contributed by atoms with van der Waals surface area (Å²) in [4.78, 5) is 2.57. The highest BCUT2D eigenvalue weighted by Gasteiger charge is 2.41. The van der Waals surface area contributed by atoms with E-state index in [0.717, 1.165) is 19.7 Å². The van der Waals surface area contributed by atoms with E-state index in [1.807, 2.05) is 0 Å². The second-order valence-corrected chi connectivity index (χ2v) is 5.87. The van der Waals surface area contributed by atoms with Crippen LogP contribution in [0, 0.1) is 0 Å². The van der Waals surface area contributed by atoms with Crippen LogP contribution in [0.15, 0.2) is 24.3 Å². The van der Waals surface area contributed by atoms with Gasteiger partial charge in [-0.15, -0.1) is 0 Å². The van der Waals surface area contributed by atoms with E-state index in [0.29, 0.717) is 12.6 Å². The third kappa shape index (κ3) is 2.20. The Morgan fingerprint density at radius 3 is 3.05 bits per heavy atom. The van der Waals surface area contributed by atoms with Crippen LogP contribution in [0.25, 0.3) is 0 Å². The fraction of sp³-hybridized carbons (Fsp3) is 0.625. The molecular weight excluding hydrogens is 236 g/mol. The normalized spacial score (nSPS) is 32.0. The minimum absolute atomic E-state index is 0.0346. The van der Waals surface area contributed by atoms with Gasteiger partial charge in [-0.05, 0) is 37.3 Å². The summed E-state index contributed by atoms with van der Waals surface area (Å²) in [5.74, 6) is 0. The number of hydrogen-bond acceptors (Lipinski definition) is 3. The lowest BCUT2D eigenvalue weighted by Crippen LogP contribution is -2.58. The Kier molecular flexibility index (Phi) is 3.61. The lowest BCUT2D eigenvalue weighted by atomic mass is 9.75. The maximum absolute atomic E-state index is 6.25. The van der Waals surface area contributed by atoms with Crippen LogP contribution in [0.2, 0.25) is 0 Å². The summed E-state index contributed by atoms with van der Waals surface area (Å²) >= 11 is 0. The van der Waals surface area contributed by atoms with Crippen molar-refractivity contribution in [1.82, 2.24) is 4.90 Å². The van der Waals surface area contributed by atoms with Crippen molar-refractivity contribution in [3.8, 4) is 0 Å². The molecule has 1 aromatic carbocycles. The van der Waals surface area contributed by atoms with Crippen molar-refractivity contribution in [3.63, 3.8) is 0 Å². The van der Waals surface area contributed by atoms with E-state index in [2.05, 4.69) is 36.1 Å². The molecule has 1 fully saturated rings. The topological polar surface area (TPSA) is 38.5 Å².